The molecular weight excluding hydrogens is 386 g/mol. The van der Waals surface area contributed by atoms with Gasteiger partial charge in [-0.25, -0.2) is 13.2 Å². The molecule has 1 aromatic heterocycles. The lowest BCUT2D eigenvalue weighted by Gasteiger charge is -2.23. The first-order chi connectivity index (χ1) is 14.1. The van der Waals surface area contributed by atoms with Crippen LogP contribution in [0.5, 0.6) is 0 Å². The van der Waals surface area contributed by atoms with Crippen LogP contribution in [0.15, 0.2) is 88.9 Å². The third kappa shape index (κ3) is 4.30. The predicted molar refractivity (Wildman–Crippen MR) is 110 cm³/mol. The smallest absolute Gasteiger partial charge is 0.322 e. The van der Waals surface area contributed by atoms with E-state index in [1.54, 1.807) is 71.9 Å². The maximum Gasteiger partial charge on any atom is 0.322 e. The van der Waals surface area contributed by atoms with E-state index in [9.17, 15) is 13.2 Å². The lowest BCUT2D eigenvalue weighted by atomic mass is 10.2. The van der Waals surface area contributed by atoms with Crippen molar-refractivity contribution in [3.63, 3.8) is 0 Å². The standard InChI is InChI=1S/C22H21N3O3S/c26-22(24-16-17-5-4-14-23-15-17)25(18-8-9-18)19-10-12-21(13-11-19)29(27,28)20-6-2-1-3-7-20/h1-7,10-15,18H,8-9,16H2,(H,24,26). The van der Waals surface area contributed by atoms with Gasteiger partial charge in [0.05, 0.1) is 9.79 Å². The minimum Gasteiger partial charge on any atom is -0.334 e. The van der Waals surface area contributed by atoms with Gasteiger partial charge in [0.2, 0.25) is 9.84 Å². The number of rotatable bonds is 6. The number of nitrogens with one attached hydrogen (secondary N) is 1. The summed E-state index contributed by atoms with van der Waals surface area (Å²) in [5.74, 6) is 0. The van der Waals surface area contributed by atoms with Crippen molar-refractivity contribution < 1.29 is 13.2 Å². The first kappa shape index (κ1) is 19.1. The molecule has 0 saturated heterocycles. The number of hydrogen-bond acceptors (Lipinski definition) is 4. The van der Waals surface area contributed by atoms with Crippen LogP contribution in [0, 0.1) is 0 Å². The second-order valence-corrected chi connectivity index (χ2v) is 8.88. The summed E-state index contributed by atoms with van der Waals surface area (Å²) in [6.45, 7) is 0.385. The number of benzene rings is 2. The Hall–Kier alpha value is -3.19. The van der Waals surface area contributed by atoms with Crippen molar-refractivity contribution in [3.8, 4) is 0 Å². The molecule has 0 atom stereocenters. The van der Waals surface area contributed by atoms with Gasteiger partial charge in [-0.1, -0.05) is 24.3 Å². The lowest BCUT2D eigenvalue weighted by Crippen LogP contribution is -2.41. The predicted octanol–water partition coefficient (Wildman–Crippen LogP) is 3.79. The highest BCUT2D eigenvalue weighted by molar-refractivity contribution is 7.91. The van der Waals surface area contributed by atoms with E-state index in [-0.39, 0.29) is 21.9 Å². The van der Waals surface area contributed by atoms with Gasteiger partial charge in [-0.15, -0.1) is 0 Å². The van der Waals surface area contributed by atoms with Gasteiger partial charge in [-0.3, -0.25) is 9.88 Å². The van der Waals surface area contributed by atoms with Crippen molar-refractivity contribution >= 4 is 21.6 Å². The number of urea groups is 1. The van der Waals surface area contributed by atoms with Crippen LogP contribution >= 0.6 is 0 Å². The van der Waals surface area contributed by atoms with E-state index in [0.717, 1.165) is 18.4 Å². The summed E-state index contributed by atoms with van der Waals surface area (Å²) in [6.07, 6.45) is 5.27. The van der Waals surface area contributed by atoms with E-state index < -0.39 is 9.84 Å². The van der Waals surface area contributed by atoms with Crippen LogP contribution in [0.3, 0.4) is 0 Å². The zero-order chi connectivity index (χ0) is 20.3. The molecule has 0 bridgehead atoms. The first-order valence-corrected chi connectivity index (χ1v) is 10.9. The molecule has 1 heterocycles. The molecule has 0 aliphatic heterocycles. The van der Waals surface area contributed by atoms with Gasteiger partial charge in [-0.2, -0.15) is 0 Å². The summed E-state index contributed by atoms with van der Waals surface area (Å²) in [5.41, 5.74) is 1.60. The van der Waals surface area contributed by atoms with Crippen LogP contribution in [0.1, 0.15) is 18.4 Å². The van der Waals surface area contributed by atoms with Crippen LogP contribution in [-0.4, -0.2) is 25.5 Å². The molecule has 0 radical (unpaired) electrons. The molecular formula is C22H21N3O3S. The number of carbonyl (C=O) groups excluding carboxylic acids is 1. The van der Waals surface area contributed by atoms with Gasteiger partial charge in [0.15, 0.2) is 0 Å². The summed E-state index contributed by atoms with van der Waals surface area (Å²) < 4.78 is 25.5. The second-order valence-electron chi connectivity index (χ2n) is 6.93. The number of aromatic nitrogens is 1. The zero-order valence-corrected chi connectivity index (χ0v) is 16.5. The summed E-state index contributed by atoms with van der Waals surface area (Å²) in [4.78, 5) is 19.0. The Labute approximate surface area is 170 Å². The fraction of sp³-hybridized carbons (Fsp3) is 0.182. The number of hydrogen-bond donors (Lipinski definition) is 1. The molecule has 1 fully saturated rings. The Morgan fingerprint density at radius 2 is 1.66 bits per heavy atom. The van der Waals surface area contributed by atoms with Crippen molar-refractivity contribution in [2.45, 2.75) is 35.2 Å². The Bertz CT molecular complexity index is 1080. The molecule has 6 nitrogen and oxygen atoms in total. The SMILES string of the molecule is O=C(NCc1cccnc1)N(c1ccc(S(=O)(=O)c2ccccc2)cc1)C1CC1. The molecule has 2 aromatic carbocycles. The Morgan fingerprint density at radius 3 is 2.28 bits per heavy atom. The van der Waals surface area contributed by atoms with Gasteiger partial charge in [0, 0.05) is 30.7 Å². The molecule has 0 unspecified atom stereocenters. The molecule has 4 rings (SSSR count). The minimum absolute atomic E-state index is 0.139. The van der Waals surface area contributed by atoms with Crippen molar-refractivity contribution in [2.24, 2.45) is 0 Å². The molecule has 29 heavy (non-hydrogen) atoms. The quantitative estimate of drug-likeness (QED) is 0.674. The van der Waals surface area contributed by atoms with E-state index in [4.69, 9.17) is 0 Å². The topological polar surface area (TPSA) is 79.4 Å². The van der Waals surface area contributed by atoms with E-state index in [1.165, 1.54) is 0 Å². The van der Waals surface area contributed by atoms with Crippen LogP contribution in [0.4, 0.5) is 10.5 Å². The number of amides is 2. The molecule has 1 aliphatic carbocycles. The first-order valence-electron chi connectivity index (χ1n) is 9.42. The van der Waals surface area contributed by atoms with Gasteiger partial charge < -0.3 is 5.32 Å². The molecule has 1 saturated carbocycles. The average molecular weight is 407 g/mol. The van der Waals surface area contributed by atoms with Crippen molar-refractivity contribution in [1.82, 2.24) is 10.3 Å². The largest absolute Gasteiger partial charge is 0.334 e. The number of anilines is 1. The molecule has 1 N–H and O–H groups in total. The zero-order valence-electron chi connectivity index (χ0n) is 15.7. The molecule has 0 spiro atoms. The van der Waals surface area contributed by atoms with Crippen molar-refractivity contribution in [1.29, 1.82) is 0 Å². The van der Waals surface area contributed by atoms with Crippen LogP contribution in [-0.2, 0) is 16.4 Å². The van der Waals surface area contributed by atoms with Gasteiger partial charge >= 0.3 is 6.03 Å². The van der Waals surface area contributed by atoms with Crippen molar-refractivity contribution in [3.05, 3.63) is 84.7 Å². The van der Waals surface area contributed by atoms with E-state index in [0.29, 0.717) is 12.2 Å². The number of pyridine rings is 1. The molecule has 7 heteroatoms. The monoisotopic (exact) mass is 407 g/mol. The number of nitrogens with zero attached hydrogens (tertiary/aromatic N) is 2. The summed E-state index contributed by atoms with van der Waals surface area (Å²) in [6, 6.07) is 18.5. The average Bonchev–Trinajstić information content (AvgIpc) is 3.59. The normalized spacial score (nSPS) is 13.7. The summed E-state index contributed by atoms with van der Waals surface area (Å²) >= 11 is 0. The molecule has 2 amide bonds. The minimum atomic E-state index is -3.58. The van der Waals surface area contributed by atoms with Crippen LogP contribution in [0.25, 0.3) is 0 Å². The Kier molecular flexibility index (Phi) is 5.31. The maximum atomic E-state index is 12.8. The van der Waals surface area contributed by atoms with Gasteiger partial charge in [-0.05, 0) is 60.9 Å². The summed E-state index contributed by atoms with van der Waals surface area (Å²) in [5, 5.41) is 2.92. The fourth-order valence-electron chi connectivity index (χ4n) is 3.11. The second kappa shape index (κ2) is 8.05. The number of sulfone groups is 1. The Balaban J connectivity index is 1.52. The fourth-order valence-corrected chi connectivity index (χ4v) is 4.40. The van der Waals surface area contributed by atoms with Gasteiger partial charge in [0.1, 0.15) is 0 Å². The van der Waals surface area contributed by atoms with Crippen molar-refractivity contribution in [2.75, 3.05) is 4.90 Å². The molecule has 148 valence electrons. The van der Waals surface area contributed by atoms with E-state index in [2.05, 4.69) is 10.3 Å². The maximum absolute atomic E-state index is 12.8. The molecule has 1 aliphatic rings. The number of carbonyl (C=O) groups is 1. The van der Waals surface area contributed by atoms with E-state index >= 15 is 0 Å². The highest BCUT2D eigenvalue weighted by atomic mass is 32.2. The van der Waals surface area contributed by atoms with E-state index in [1.807, 2.05) is 12.1 Å². The lowest BCUT2D eigenvalue weighted by molar-refractivity contribution is 0.245. The summed E-state index contributed by atoms with van der Waals surface area (Å²) in [7, 11) is -3.58. The van der Waals surface area contributed by atoms with Crippen LogP contribution < -0.4 is 10.2 Å². The molecule has 3 aromatic rings. The third-order valence-electron chi connectivity index (χ3n) is 4.78. The highest BCUT2D eigenvalue weighted by Gasteiger charge is 2.34. The Morgan fingerprint density at radius 1 is 0.966 bits per heavy atom. The van der Waals surface area contributed by atoms with Crippen LogP contribution in [0.2, 0.25) is 0 Å². The third-order valence-corrected chi connectivity index (χ3v) is 6.56. The van der Waals surface area contributed by atoms with Gasteiger partial charge in [0.25, 0.3) is 0 Å². The highest BCUT2D eigenvalue weighted by Crippen LogP contribution is 2.33.